The van der Waals surface area contributed by atoms with Gasteiger partial charge in [-0.3, -0.25) is 18.7 Å². The highest BCUT2D eigenvalue weighted by Crippen LogP contribution is 2.26. The molecule has 1 atom stereocenters. The molecule has 0 radical (unpaired) electrons. The van der Waals surface area contributed by atoms with E-state index in [9.17, 15) is 19.5 Å². The van der Waals surface area contributed by atoms with Crippen molar-refractivity contribution in [3.63, 3.8) is 0 Å². The fourth-order valence-corrected chi connectivity index (χ4v) is 3.68. The summed E-state index contributed by atoms with van der Waals surface area (Å²) in [6.07, 6.45) is 0.646. The molecule has 0 saturated carbocycles. The molecule has 0 unspecified atom stereocenters. The fourth-order valence-electron chi connectivity index (χ4n) is 2.82. The SMILES string of the molecule is C[C@H](Sc1nc2c(c(=O)n(C)c(=O)n2C)n1CCc1ccccc1)C(=O)O. The van der Waals surface area contributed by atoms with Gasteiger partial charge >= 0.3 is 11.7 Å². The number of thioether (sulfide) groups is 1. The summed E-state index contributed by atoms with van der Waals surface area (Å²) in [6, 6.07) is 9.77. The Labute approximate surface area is 159 Å². The Morgan fingerprint density at radius 1 is 1.19 bits per heavy atom. The molecule has 1 aromatic carbocycles. The van der Waals surface area contributed by atoms with Gasteiger partial charge in [-0.1, -0.05) is 42.1 Å². The lowest BCUT2D eigenvalue weighted by molar-refractivity contribution is -0.136. The van der Waals surface area contributed by atoms with E-state index in [0.29, 0.717) is 23.6 Å². The molecule has 27 heavy (non-hydrogen) atoms. The maximum atomic E-state index is 12.7. The van der Waals surface area contributed by atoms with Gasteiger partial charge in [-0.2, -0.15) is 0 Å². The van der Waals surface area contributed by atoms with Crippen molar-refractivity contribution in [3.05, 3.63) is 56.7 Å². The van der Waals surface area contributed by atoms with Gasteiger partial charge in [0.25, 0.3) is 5.56 Å². The largest absolute Gasteiger partial charge is 0.480 e. The van der Waals surface area contributed by atoms with Crippen molar-refractivity contribution in [2.75, 3.05) is 0 Å². The van der Waals surface area contributed by atoms with Crippen molar-refractivity contribution >= 4 is 28.9 Å². The number of nitrogens with zero attached hydrogens (tertiary/aromatic N) is 4. The molecule has 142 valence electrons. The molecule has 1 N–H and O–H groups in total. The van der Waals surface area contributed by atoms with Crippen LogP contribution >= 0.6 is 11.8 Å². The third-order valence-corrected chi connectivity index (χ3v) is 5.49. The second-order valence-corrected chi connectivity index (χ2v) is 7.57. The lowest BCUT2D eigenvalue weighted by Crippen LogP contribution is -2.37. The second-order valence-electron chi connectivity index (χ2n) is 6.26. The van der Waals surface area contributed by atoms with Crippen LogP contribution in [0.3, 0.4) is 0 Å². The van der Waals surface area contributed by atoms with Crippen molar-refractivity contribution in [2.45, 2.75) is 30.3 Å². The average Bonchev–Trinajstić information content (AvgIpc) is 3.02. The molecule has 0 aliphatic carbocycles. The van der Waals surface area contributed by atoms with Gasteiger partial charge in [0.1, 0.15) is 5.25 Å². The molecule has 3 aromatic rings. The predicted molar refractivity (Wildman–Crippen MR) is 103 cm³/mol. The predicted octanol–water partition coefficient (Wildman–Crippen LogP) is 1.24. The quantitative estimate of drug-likeness (QED) is 0.638. The van der Waals surface area contributed by atoms with Gasteiger partial charge < -0.3 is 9.67 Å². The molecular formula is C18H20N4O4S. The Kier molecular flexibility index (Phi) is 5.22. The highest BCUT2D eigenvalue weighted by molar-refractivity contribution is 8.00. The Bertz CT molecular complexity index is 1110. The van der Waals surface area contributed by atoms with Gasteiger partial charge in [-0.05, 0) is 18.9 Å². The molecule has 0 aliphatic heterocycles. The van der Waals surface area contributed by atoms with Gasteiger partial charge in [0, 0.05) is 20.6 Å². The van der Waals surface area contributed by atoms with E-state index in [2.05, 4.69) is 4.98 Å². The van der Waals surface area contributed by atoms with Crippen LogP contribution in [0.5, 0.6) is 0 Å². The number of carbonyl (C=O) groups is 1. The van der Waals surface area contributed by atoms with E-state index in [4.69, 9.17) is 0 Å². The van der Waals surface area contributed by atoms with Crippen LogP contribution in [0.25, 0.3) is 11.2 Å². The number of imidazole rings is 1. The Morgan fingerprint density at radius 2 is 1.85 bits per heavy atom. The zero-order valence-electron chi connectivity index (χ0n) is 15.2. The van der Waals surface area contributed by atoms with Crippen LogP contribution in [0, 0.1) is 0 Å². The summed E-state index contributed by atoms with van der Waals surface area (Å²) in [5.74, 6) is -0.969. The van der Waals surface area contributed by atoms with E-state index in [0.717, 1.165) is 21.9 Å². The summed E-state index contributed by atoms with van der Waals surface area (Å²) in [5.41, 5.74) is 0.738. The molecule has 2 heterocycles. The first-order valence-corrected chi connectivity index (χ1v) is 9.29. The first-order valence-electron chi connectivity index (χ1n) is 8.41. The Hall–Kier alpha value is -2.81. The number of hydrogen-bond donors (Lipinski definition) is 1. The third-order valence-electron chi connectivity index (χ3n) is 4.41. The smallest absolute Gasteiger partial charge is 0.332 e. The van der Waals surface area contributed by atoms with Crippen molar-refractivity contribution in [3.8, 4) is 0 Å². The van der Waals surface area contributed by atoms with Crippen LogP contribution in [0.2, 0.25) is 0 Å². The van der Waals surface area contributed by atoms with E-state index in [-0.39, 0.29) is 5.65 Å². The van der Waals surface area contributed by atoms with E-state index in [1.165, 1.54) is 11.6 Å². The van der Waals surface area contributed by atoms with Gasteiger partial charge in [-0.15, -0.1) is 0 Å². The zero-order valence-corrected chi connectivity index (χ0v) is 16.1. The van der Waals surface area contributed by atoms with Gasteiger partial charge in [0.05, 0.1) is 0 Å². The monoisotopic (exact) mass is 388 g/mol. The summed E-state index contributed by atoms with van der Waals surface area (Å²) >= 11 is 1.06. The van der Waals surface area contributed by atoms with Crippen molar-refractivity contribution in [2.24, 2.45) is 14.1 Å². The second kappa shape index (κ2) is 7.43. The molecule has 0 aliphatic rings. The highest BCUT2D eigenvalue weighted by Gasteiger charge is 2.22. The third kappa shape index (κ3) is 3.55. The first kappa shape index (κ1) is 19.0. The molecule has 2 aromatic heterocycles. The number of aromatic nitrogens is 4. The van der Waals surface area contributed by atoms with Crippen LogP contribution in [-0.2, 0) is 31.9 Å². The molecule has 0 fully saturated rings. The van der Waals surface area contributed by atoms with Crippen LogP contribution in [0.4, 0.5) is 0 Å². The number of rotatable bonds is 6. The molecule has 0 amide bonds. The van der Waals surface area contributed by atoms with Crippen LogP contribution < -0.4 is 11.2 Å². The number of carboxylic acids is 1. The molecule has 9 heteroatoms. The van der Waals surface area contributed by atoms with Gasteiger partial charge in [-0.25, -0.2) is 9.78 Å². The number of fused-ring (bicyclic) bond motifs is 1. The minimum atomic E-state index is -0.969. The number of hydrogen-bond acceptors (Lipinski definition) is 5. The van der Waals surface area contributed by atoms with Gasteiger partial charge in [0.2, 0.25) is 0 Å². The lowest BCUT2D eigenvalue weighted by atomic mass is 10.1. The number of aryl methyl sites for hydroxylation is 3. The number of aliphatic carboxylic acids is 1. The summed E-state index contributed by atoms with van der Waals surface area (Å²) in [7, 11) is 2.97. The summed E-state index contributed by atoms with van der Waals surface area (Å²) in [5, 5.41) is 8.91. The Morgan fingerprint density at radius 3 is 2.48 bits per heavy atom. The standard InChI is InChI=1S/C18H20N4O4S/c1-11(16(24)25)27-17-19-14-13(15(23)21(3)18(26)20(14)2)22(17)10-9-12-7-5-4-6-8-12/h4-8,11H,9-10H2,1-3H3,(H,24,25)/t11-/m0/s1. The molecular weight excluding hydrogens is 368 g/mol. The molecule has 3 rings (SSSR count). The summed E-state index contributed by atoms with van der Waals surface area (Å²) < 4.78 is 4.07. The van der Waals surface area contributed by atoms with Crippen molar-refractivity contribution in [1.82, 2.24) is 18.7 Å². The first-order chi connectivity index (χ1) is 12.8. The van der Waals surface area contributed by atoms with E-state index < -0.39 is 22.5 Å². The van der Waals surface area contributed by atoms with Crippen LogP contribution in [0.1, 0.15) is 12.5 Å². The molecule has 0 bridgehead atoms. The molecule has 8 nitrogen and oxygen atoms in total. The normalized spacial score (nSPS) is 12.4. The number of carboxylic acid groups (broad SMARTS) is 1. The summed E-state index contributed by atoms with van der Waals surface area (Å²) in [4.78, 5) is 40.6. The fraction of sp³-hybridized carbons (Fsp3) is 0.333. The average molecular weight is 388 g/mol. The van der Waals surface area contributed by atoms with Crippen molar-refractivity contribution in [1.29, 1.82) is 0 Å². The maximum Gasteiger partial charge on any atom is 0.332 e. The van der Waals surface area contributed by atoms with Crippen LogP contribution in [-0.4, -0.2) is 35.0 Å². The number of benzene rings is 1. The highest BCUT2D eigenvalue weighted by atomic mass is 32.2. The van der Waals surface area contributed by atoms with E-state index >= 15 is 0 Å². The Balaban J connectivity index is 2.15. The lowest BCUT2D eigenvalue weighted by Gasteiger charge is -2.11. The van der Waals surface area contributed by atoms with E-state index in [1.807, 2.05) is 30.3 Å². The maximum absolute atomic E-state index is 12.7. The topological polar surface area (TPSA) is 99.1 Å². The van der Waals surface area contributed by atoms with Gasteiger partial charge in [0.15, 0.2) is 16.3 Å². The minimum absolute atomic E-state index is 0.260. The summed E-state index contributed by atoms with van der Waals surface area (Å²) in [6.45, 7) is 2.01. The molecule has 0 saturated heterocycles. The van der Waals surface area contributed by atoms with E-state index in [1.54, 1.807) is 18.5 Å². The zero-order chi connectivity index (χ0) is 19.7. The van der Waals surface area contributed by atoms with Crippen LogP contribution in [0.15, 0.2) is 45.1 Å². The molecule has 0 spiro atoms. The van der Waals surface area contributed by atoms with Crippen molar-refractivity contribution < 1.29 is 9.90 Å². The minimum Gasteiger partial charge on any atom is -0.480 e.